The van der Waals surface area contributed by atoms with Crippen molar-refractivity contribution in [1.82, 2.24) is 10.6 Å². The van der Waals surface area contributed by atoms with Crippen LogP contribution in [0, 0.1) is 11.7 Å². The maximum atomic E-state index is 13.4. The highest BCUT2D eigenvalue weighted by Gasteiger charge is 2.31. The van der Waals surface area contributed by atoms with Crippen LogP contribution >= 0.6 is 22.9 Å². The second kappa shape index (κ2) is 10.2. The smallest absolute Gasteiger partial charge is 0.262 e. The average molecular weight is 478 g/mol. The van der Waals surface area contributed by atoms with E-state index in [4.69, 9.17) is 11.6 Å². The third-order valence-corrected chi connectivity index (χ3v) is 7.73. The predicted molar refractivity (Wildman–Crippen MR) is 127 cm³/mol. The molecule has 3 N–H and O–H groups in total. The van der Waals surface area contributed by atoms with Crippen LogP contribution in [0.1, 0.15) is 72.5 Å². The van der Waals surface area contributed by atoms with Crippen LogP contribution in [0.15, 0.2) is 30.3 Å². The Bertz CT molecular complexity index is 972. The quantitative estimate of drug-likeness (QED) is 0.435. The molecule has 2 aliphatic rings. The molecule has 5 nitrogen and oxygen atoms in total. The zero-order valence-corrected chi connectivity index (χ0v) is 19.7. The molecule has 1 aromatic heterocycles. The Kier molecular flexibility index (Phi) is 7.36. The van der Waals surface area contributed by atoms with Gasteiger partial charge in [0, 0.05) is 16.6 Å². The zero-order valence-electron chi connectivity index (χ0n) is 18.1. The molecule has 0 aliphatic heterocycles. The minimum atomic E-state index is -0.492. The molecule has 0 spiro atoms. The van der Waals surface area contributed by atoms with Gasteiger partial charge < -0.3 is 16.0 Å². The summed E-state index contributed by atoms with van der Waals surface area (Å²) in [6, 6.07) is 7.87. The van der Waals surface area contributed by atoms with E-state index in [2.05, 4.69) is 16.0 Å². The lowest BCUT2D eigenvalue weighted by Crippen LogP contribution is -2.48. The second-order valence-electron chi connectivity index (χ2n) is 8.89. The van der Waals surface area contributed by atoms with Gasteiger partial charge in [-0.3, -0.25) is 9.59 Å². The fourth-order valence-corrected chi connectivity index (χ4v) is 5.28. The van der Waals surface area contributed by atoms with Crippen molar-refractivity contribution in [3.8, 4) is 0 Å². The Balaban J connectivity index is 1.39. The Morgan fingerprint density at radius 2 is 1.91 bits per heavy atom. The van der Waals surface area contributed by atoms with Crippen LogP contribution in [0.4, 0.5) is 10.1 Å². The molecular weight excluding hydrogens is 449 g/mol. The molecule has 0 radical (unpaired) electrons. The lowest BCUT2D eigenvalue weighted by atomic mass is 9.97. The molecule has 32 heavy (non-hydrogen) atoms. The molecule has 2 unspecified atom stereocenters. The third kappa shape index (κ3) is 6.01. The number of halogens is 2. The summed E-state index contributed by atoms with van der Waals surface area (Å²) in [5, 5.41) is 9.37. The number of rotatable bonds is 9. The lowest BCUT2D eigenvalue weighted by molar-refractivity contribution is -0.123. The summed E-state index contributed by atoms with van der Waals surface area (Å²) in [5.74, 6) is -0.242. The largest absolute Gasteiger partial charge is 0.378 e. The van der Waals surface area contributed by atoms with Gasteiger partial charge in [-0.05, 0) is 62.4 Å². The maximum Gasteiger partial charge on any atom is 0.262 e. The topological polar surface area (TPSA) is 70.2 Å². The molecule has 2 amide bonds. The number of nitrogens with one attached hydrogen (secondary N) is 3. The van der Waals surface area contributed by atoms with E-state index >= 15 is 0 Å². The van der Waals surface area contributed by atoms with Crippen molar-refractivity contribution in [2.24, 2.45) is 5.92 Å². The number of hydrogen-bond donors (Lipinski definition) is 3. The van der Waals surface area contributed by atoms with E-state index in [0.29, 0.717) is 22.9 Å². The summed E-state index contributed by atoms with van der Waals surface area (Å²) in [6.45, 7) is 1.97. The van der Waals surface area contributed by atoms with E-state index in [9.17, 15) is 14.0 Å². The molecule has 1 aromatic carbocycles. The minimum absolute atomic E-state index is 0.0613. The third-order valence-electron chi connectivity index (χ3n) is 6.17. The van der Waals surface area contributed by atoms with Crippen molar-refractivity contribution >= 4 is 40.4 Å². The van der Waals surface area contributed by atoms with E-state index in [1.807, 2.05) is 13.0 Å². The summed E-state index contributed by atoms with van der Waals surface area (Å²) in [5.41, 5.74) is 0.705. The second-order valence-corrected chi connectivity index (χ2v) is 10.4. The molecular formula is C24H29ClFN3O2S. The molecule has 172 valence electrons. The minimum Gasteiger partial charge on any atom is -0.378 e. The summed E-state index contributed by atoms with van der Waals surface area (Å²) in [6.07, 6.45) is 7.40. The summed E-state index contributed by atoms with van der Waals surface area (Å²) < 4.78 is 13.4. The molecule has 2 fully saturated rings. The molecule has 0 bridgehead atoms. The van der Waals surface area contributed by atoms with Crippen molar-refractivity contribution in [1.29, 1.82) is 0 Å². The Labute approximate surface area is 197 Å². The van der Waals surface area contributed by atoms with Gasteiger partial charge in [0.1, 0.15) is 11.9 Å². The highest BCUT2D eigenvalue weighted by Crippen LogP contribution is 2.30. The van der Waals surface area contributed by atoms with Gasteiger partial charge in [-0.15, -0.1) is 11.3 Å². The van der Waals surface area contributed by atoms with E-state index in [1.54, 1.807) is 18.2 Å². The number of carbonyl (C=O) groups is 2. The van der Waals surface area contributed by atoms with Gasteiger partial charge in [0.15, 0.2) is 0 Å². The molecule has 2 aliphatic carbocycles. The predicted octanol–water partition coefficient (Wildman–Crippen LogP) is 5.67. The van der Waals surface area contributed by atoms with Crippen LogP contribution in [0.2, 0.25) is 5.02 Å². The number of carbonyl (C=O) groups excluding carboxylic acids is 2. The SMILES string of the molecule is CC(Nc1ccc(F)c(Cl)c1)c1ccc(C(=O)NC(CC2CCCC2)C(=O)NC2CC2)s1. The van der Waals surface area contributed by atoms with Gasteiger partial charge >= 0.3 is 0 Å². The lowest BCUT2D eigenvalue weighted by Gasteiger charge is -2.21. The summed E-state index contributed by atoms with van der Waals surface area (Å²) >= 11 is 7.25. The van der Waals surface area contributed by atoms with Crippen LogP contribution in [0.3, 0.4) is 0 Å². The van der Waals surface area contributed by atoms with Gasteiger partial charge in [-0.25, -0.2) is 4.39 Å². The van der Waals surface area contributed by atoms with Gasteiger partial charge in [0.25, 0.3) is 5.91 Å². The molecule has 0 saturated heterocycles. The van der Waals surface area contributed by atoms with Crippen LogP contribution in [-0.2, 0) is 4.79 Å². The normalized spacial score (nSPS) is 18.2. The maximum absolute atomic E-state index is 13.4. The average Bonchev–Trinajstić information content (AvgIpc) is 3.22. The fraction of sp³-hybridized carbons (Fsp3) is 0.500. The number of benzene rings is 1. The first-order chi connectivity index (χ1) is 15.4. The molecule has 2 atom stereocenters. The van der Waals surface area contributed by atoms with Gasteiger partial charge in [0.2, 0.25) is 5.91 Å². The highest BCUT2D eigenvalue weighted by molar-refractivity contribution is 7.14. The highest BCUT2D eigenvalue weighted by atomic mass is 35.5. The monoisotopic (exact) mass is 477 g/mol. The number of thiophene rings is 1. The van der Waals surface area contributed by atoms with E-state index in [-0.39, 0.29) is 28.9 Å². The van der Waals surface area contributed by atoms with Crippen molar-refractivity contribution in [3.63, 3.8) is 0 Å². The van der Waals surface area contributed by atoms with Crippen LogP contribution in [-0.4, -0.2) is 23.9 Å². The van der Waals surface area contributed by atoms with E-state index < -0.39 is 11.9 Å². The first kappa shape index (κ1) is 23.1. The van der Waals surface area contributed by atoms with Gasteiger partial charge in [-0.2, -0.15) is 0 Å². The van der Waals surface area contributed by atoms with Crippen LogP contribution in [0.5, 0.6) is 0 Å². The van der Waals surface area contributed by atoms with Crippen molar-refractivity contribution in [3.05, 3.63) is 50.9 Å². The Hall–Kier alpha value is -2.12. The zero-order chi connectivity index (χ0) is 22.7. The molecule has 4 rings (SSSR count). The molecule has 1 heterocycles. The first-order valence-corrected chi connectivity index (χ1v) is 12.5. The summed E-state index contributed by atoms with van der Waals surface area (Å²) in [7, 11) is 0. The van der Waals surface area contributed by atoms with E-state index in [1.165, 1.54) is 30.2 Å². The molecule has 8 heteroatoms. The van der Waals surface area contributed by atoms with Gasteiger partial charge in [0.05, 0.1) is 15.9 Å². The van der Waals surface area contributed by atoms with Crippen molar-refractivity contribution in [2.45, 2.75) is 70.0 Å². The Morgan fingerprint density at radius 1 is 1.16 bits per heavy atom. The van der Waals surface area contributed by atoms with Crippen molar-refractivity contribution < 1.29 is 14.0 Å². The fourth-order valence-electron chi connectivity index (χ4n) is 4.18. The van der Waals surface area contributed by atoms with Crippen LogP contribution in [0.25, 0.3) is 0 Å². The molecule has 2 saturated carbocycles. The Morgan fingerprint density at radius 3 is 2.59 bits per heavy atom. The first-order valence-electron chi connectivity index (χ1n) is 11.3. The summed E-state index contributed by atoms with van der Waals surface area (Å²) in [4.78, 5) is 27.2. The van der Waals surface area contributed by atoms with E-state index in [0.717, 1.165) is 30.6 Å². The molecule has 2 aromatic rings. The van der Waals surface area contributed by atoms with Crippen molar-refractivity contribution in [2.75, 3.05) is 5.32 Å². The van der Waals surface area contributed by atoms with Gasteiger partial charge in [-0.1, -0.05) is 37.3 Å². The number of anilines is 1. The standard InChI is InChI=1S/C24H29ClFN3O2S/c1-14(27-17-8-9-19(26)18(25)13-17)21-10-11-22(32-21)24(31)29-20(12-15-4-2-3-5-15)23(30)28-16-6-7-16/h8-11,13-16,20,27H,2-7,12H2,1H3,(H,28,30)(H,29,31). The number of hydrogen-bond acceptors (Lipinski definition) is 4. The number of amides is 2. The van der Waals surface area contributed by atoms with Crippen LogP contribution < -0.4 is 16.0 Å².